The van der Waals surface area contributed by atoms with Crippen LogP contribution in [0.2, 0.25) is 0 Å². The molecule has 0 radical (unpaired) electrons. The van der Waals surface area contributed by atoms with Crippen LogP contribution < -0.4 is 10.2 Å². The Morgan fingerprint density at radius 1 is 1.00 bits per heavy atom. The summed E-state index contributed by atoms with van der Waals surface area (Å²) >= 11 is 0. The van der Waals surface area contributed by atoms with Crippen LogP contribution in [0.1, 0.15) is 18.4 Å². The fourth-order valence-electron chi connectivity index (χ4n) is 3.78. The number of carbonyl (C=O) groups is 2. The molecule has 1 N–H and O–H groups in total. The molecule has 2 aliphatic rings. The minimum atomic E-state index is -0.649. The van der Waals surface area contributed by atoms with Gasteiger partial charge in [0.25, 0.3) is 0 Å². The Morgan fingerprint density at radius 3 is 2.44 bits per heavy atom. The average molecular weight is 336 g/mol. The topological polar surface area (TPSA) is 58.6 Å². The quantitative estimate of drug-likeness (QED) is 0.917. The summed E-state index contributed by atoms with van der Waals surface area (Å²) in [7, 11) is 0. The van der Waals surface area contributed by atoms with E-state index < -0.39 is 5.41 Å². The maximum Gasteiger partial charge on any atom is 0.244 e. The Hall–Kier alpha value is -2.66. The van der Waals surface area contributed by atoms with Crippen LogP contribution in [0.3, 0.4) is 0 Å². The Balaban J connectivity index is 1.78. The molecule has 4 rings (SSSR count). The molecule has 2 amide bonds. The molecule has 2 aromatic rings. The van der Waals surface area contributed by atoms with Crippen LogP contribution in [0.4, 0.5) is 11.4 Å². The van der Waals surface area contributed by atoms with Crippen molar-refractivity contribution in [2.45, 2.75) is 18.3 Å². The van der Waals surface area contributed by atoms with Crippen LogP contribution in [-0.2, 0) is 19.7 Å². The fraction of sp³-hybridized carbons (Fsp3) is 0.300. The first-order chi connectivity index (χ1) is 12.2. The van der Waals surface area contributed by atoms with Gasteiger partial charge >= 0.3 is 0 Å². The number of ether oxygens (including phenoxy) is 1. The standard InChI is InChI=1S/C20H20N2O3/c23-18-14-22(17-9-5-4-8-16(17)21-18)19(24)20(10-12-25-13-11-20)15-6-2-1-3-7-15/h1-9H,10-14H2,(H,21,23). The third kappa shape index (κ3) is 2.70. The van der Waals surface area contributed by atoms with Crippen molar-refractivity contribution in [2.75, 3.05) is 30.0 Å². The lowest BCUT2D eigenvalue weighted by molar-refractivity contribution is -0.129. The van der Waals surface area contributed by atoms with Crippen molar-refractivity contribution in [3.63, 3.8) is 0 Å². The molecular formula is C20H20N2O3. The van der Waals surface area contributed by atoms with E-state index >= 15 is 0 Å². The summed E-state index contributed by atoms with van der Waals surface area (Å²) in [4.78, 5) is 27.4. The number of fused-ring (bicyclic) bond motifs is 1. The summed E-state index contributed by atoms with van der Waals surface area (Å²) < 4.78 is 5.52. The van der Waals surface area contributed by atoms with Crippen molar-refractivity contribution in [3.05, 3.63) is 60.2 Å². The molecule has 1 fully saturated rings. The van der Waals surface area contributed by atoms with Gasteiger partial charge in [0.1, 0.15) is 6.54 Å². The molecule has 2 aromatic carbocycles. The lowest BCUT2D eigenvalue weighted by Crippen LogP contribution is -2.53. The molecule has 5 nitrogen and oxygen atoms in total. The number of hydrogen-bond donors (Lipinski definition) is 1. The highest BCUT2D eigenvalue weighted by atomic mass is 16.5. The number of rotatable bonds is 2. The minimum absolute atomic E-state index is 0.0238. The molecule has 128 valence electrons. The summed E-state index contributed by atoms with van der Waals surface area (Å²) in [5.74, 6) is -0.188. The molecule has 0 unspecified atom stereocenters. The molecule has 0 aliphatic carbocycles. The van der Waals surface area contributed by atoms with E-state index in [1.807, 2.05) is 54.6 Å². The average Bonchev–Trinajstić information content (AvgIpc) is 2.68. The summed E-state index contributed by atoms with van der Waals surface area (Å²) in [6.45, 7) is 1.13. The molecule has 25 heavy (non-hydrogen) atoms. The molecule has 2 aliphatic heterocycles. The highest BCUT2D eigenvalue weighted by Crippen LogP contribution is 2.40. The molecule has 2 heterocycles. The van der Waals surface area contributed by atoms with Gasteiger partial charge in [0.2, 0.25) is 11.8 Å². The maximum absolute atomic E-state index is 13.7. The predicted octanol–water partition coefficient (Wildman–Crippen LogP) is 2.72. The van der Waals surface area contributed by atoms with Gasteiger partial charge < -0.3 is 15.0 Å². The monoisotopic (exact) mass is 336 g/mol. The van der Waals surface area contributed by atoms with Crippen molar-refractivity contribution in [3.8, 4) is 0 Å². The first-order valence-electron chi connectivity index (χ1n) is 8.55. The number of anilines is 2. The zero-order valence-electron chi connectivity index (χ0n) is 13.9. The van der Waals surface area contributed by atoms with Crippen molar-refractivity contribution >= 4 is 23.2 Å². The maximum atomic E-state index is 13.7. The van der Waals surface area contributed by atoms with Gasteiger partial charge in [-0.05, 0) is 30.5 Å². The summed E-state index contributed by atoms with van der Waals surface area (Å²) in [6, 6.07) is 17.3. The summed E-state index contributed by atoms with van der Waals surface area (Å²) in [5, 5.41) is 2.84. The van der Waals surface area contributed by atoms with Crippen LogP contribution in [0.5, 0.6) is 0 Å². The molecule has 1 saturated heterocycles. The van der Waals surface area contributed by atoms with Crippen LogP contribution in [0, 0.1) is 0 Å². The van der Waals surface area contributed by atoms with Crippen LogP contribution in [0.15, 0.2) is 54.6 Å². The van der Waals surface area contributed by atoms with Crippen molar-refractivity contribution in [1.82, 2.24) is 0 Å². The van der Waals surface area contributed by atoms with E-state index in [1.165, 1.54) is 0 Å². The SMILES string of the molecule is O=C1CN(C(=O)C2(c3ccccc3)CCOCC2)c2ccccc2N1. The molecule has 0 aromatic heterocycles. The summed E-state index contributed by atoms with van der Waals surface area (Å²) in [6.07, 6.45) is 1.24. The predicted molar refractivity (Wildman–Crippen MR) is 95.6 cm³/mol. The molecular weight excluding hydrogens is 316 g/mol. The van der Waals surface area contributed by atoms with Gasteiger partial charge in [0.05, 0.1) is 16.8 Å². The normalized spacial score (nSPS) is 19.0. The zero-order chi connectivity index (χ0) is 17.3. The van der Waals surface area contributed by atoms with E-state index in [0.29, 0.717) is 31.7 Å². The molecule has 5 heteroatoms. The van der Waals surface area contributed by atoms with E-state index in [4.69, 9.17) is 4.74 Å². The summed E-state index contributed by atoms with van der Waals surface area (Å²) in [5.41, 5.74) is 1.78. The largest absolute Gasteiger partial charge is 0.381 e. The second-order valence-electron chi connectivity index (χ2n) is 6.52. The Morgan fingerprint density at radius 2 is 1.68 bits per heavy atom. The smallest absolute Gasteiger partial charge is 0.244 e. The molecule has 0 bridgehead atoms. The third-order valence-corrected chi connectivity index (χ3v) is 5.10. The number of nitrogens with zero attached hydrogens (tertiary/aromatic N) is 1. The lowest BCUT2D eigenvalue weighted by Gasteiger charge is -2.41. The second kappa shape index (κ2) is 6.33. The molecule has 0 atom stereocenters. The zero-order valence-corrected chi connectivity index (χ0v) is 13.9. The van der Waals surface area contributed by atoms with Gasteiger partial charge in [-0.2, -0.15) is 0 Å². The van der Waals surface area contributed by atoms with Gasteiger partial charge in [-0.3, -0.25) is 9.59 Å². The van der Waals surface area contributed by atoms with Gasteiger partial charge in [0.15, 0.2) is 0 Å². The second-order valence-corrected chi connectivity index (χ2v) is 6.52. The first-order valence-corrected chi connectivity index (χ1v) is 8.55. The number of para-hydroxylation sites is 2. The third-order valence-electron chi connectivity index (χ3n) is 5.10. The van der Waals surface area contributed by atoms with Crippen molar-refractivity contribution in [1.29, 1.82) is 0 Å². The van der Waals surface area contributed by atoms with E-state index in [1.54, 1.807) is 4.90 Å². The van der Waals surface area contributed by atoms with E-state index in [9.17, 15) is 9.59 Å². The highest BCUT2D eigenvalue weighted by molar-refractivity contribution is 6.12. The van der Waals surface area contributed by atoms with Crippen LogP contribution in [0.25, 0.3) is 0 Å². The Labute approximate surface area is 146 Å². The lowest BCUT2D eigenvalue weighted by atomic mass is 9.72. The van der Waals surface area contributed by atoms with Crippen molar-refractivity contribution in [2.24, 2.45) is 0 Å². The number of benzene rings is 2. The number of hydrogen-bond acceptors (Lipinski definition) is 3. The Kier molecular flexibility index (Phi) is 4.01. The fourth-order valence-corrected chi connectivity index (χ4v) is 3.78. The van der Waals surface area contributed by atoms with E-state index in [2.05, 4.69) is 5.32 Å². The molecule has 0 saturated carbocycles. The number of carbonyl (C=O) groups excluding carboxylic acids is 2. The van der Waals surface area contributed by atoms with Gasteiger partial charge in [0, 0.05) is 13.2 Å². The minimum Gasteiger partial charge on any atom is -0.381 e. The first kappa shape index (κ1) is 15.8. The van der Waals surface area contributed by atoms with E-state index in [-0.39, 0.29) is 18.4 Å². The highest BCUT2D eigenvalue weighted by Gasteiger charge is 2.45. The van der Waals surface area contributed by atoms with E-state index in [0.717, 1.165) is 11.3 Å². The Bertz CT molecular complexity index is 798. The van der Waals surface area contributed by atoms with Gasteiger partial charge in [-0.25, -0.2) is 0 Å². The van der Waals surface area contributed by atoms with Crippen molar-refractivity contribution < 1.29 is 14.3 Å². The van der Waals surface area contributed by atoms with Crippen LogP contribution in [-0.4, -0.2) is 31.6 Å². The van der Waals surface area contributed by atoms with Crippen LogP contribution >= 0.6 is 0 Å². The van der Waals surface area contributed by atoms with Gasteiger partial charge in [-0.15, -0.1) is 0 Å². The number of amides is 2. The molecule has 0 spiro atoms. The van der Waals surface area contributed by atoms with Gasteiger partial charge in [-0.1, -0.05) is 42.5 Å². The number of nitrogens with one attached hydrogen (secondary N) is 1.